The van der Waals surface area contributed by atoms with Gasteiger partial charge in [0.1, 0.15) is 17.3 Å². The van der Waals surface area contributed by atoms with Gasteiger partial charge in [-0.1, -0.05) is 0 Å². The van der Waals surface area contributed by atoms with E-state index in [0.717, 1.165) is 80.6 Å². The standard InChI is InChI=1S/C24H33N3O5S/c1-2-31-24(29)18(28)13-15-3-8-19-20(15)21-22(25-14-26-23(21)33-19)32-17-6-4-16(5-7-17)27-9-11-30-12-10-27/h14-18,28H,2-13H2,1H3/t15-,16?,17?,18?/m1/s1. The molecule has 2 atom stereocenters. The number of rotatable bonds is 7. The molecule has 2 fully saturated rings. The number of aromatic nitrogens is 2. The first-order chi connectivity index (χ1) is 16.1. The van der Waals surface area contributed by atoms with Crippen molar-refractivity contribution >= 4 is 27.5 Å². The first-order valence-electron chi connectivity index (χ1n) is 12.2. The summed E-state index contributed by atoms with van der Waals surface area (Å²) in [6.45, 7) is 5.76. The molecule has 5 rings (SSSR count). The minimum atomic E-state index is -1.11. The van der Waals surface area contributed by atoms with Gasteiger partial charge in [0.05, 0.1) is 25.2 Å². The van der Waals surface area contributed by atoms with Crippen LogP contribution in [0.1, 0.15) is 61.8 Å². The van der Waals surface area contributed by atoms with Gasteiger partial charge in [-0.3, -0.25) is 4.90 Å². The van der Waals surface area contributed by atoms with Gasteiger partial charge in [0.25, 0.3) is 0 Å². The molecule has 1 saturated heterocycles. The number of hydrogen-bond acceptors (Lipinski definition) is 9. The molecule has 3 aliphatic rings. The lowest BCUT2D eigenvalue weighted by molar-refractivity contribution is -0.153. The Morgan fingerprint density at radius 3 is 2.79 bits per heavy atom. The number of hydrogen-bond donors (Lipinski definition) is 1. The monoisotopic (exact) mass is 475 g/mol. The number of esters is 1. The summed E-state index contributed by atoms with van der Waals surface area (Å²) in [5.74, 6) is 0.193. The van der Waals surface area contributed by atoms with Gasteiger partial charge < -0.3 is 19.3 Å². The van der Waals surface area contributed by atoms with Gasteiger partial charge in [0, 0.05) is 24.0 Å². The highest BCUT2D eigenvalue weighted by Gasteiger charge is 2.34. The van der Waals surface area contributed by atoms with E-state index in [1.165, 1.54) is 4.88 Å². The van der Waals surface area contributed by atoms with Crippen LogP contribution in [0.4, 0.5) is 0 Å². The van der Waals surface area contributed by atoms with E-state index in [9.17, 15) is 9.90 Å². The van der Waals surface area contributed by atoms with E-state index in [4.69, 9.17) is 14.2 Å². The number of aliphatic hydroxyl groups excluding tert-OH is 1. The lowest BCUT2D eigenvalue weighted by Gasteiger charge is -2.38. The van der Waals surface area contributed by atoms with Crippen LogP contribution in [0.3, 0.4) is 0 Å². The highest BCUT2D eigenvalue weighted by molar-refractivity contribution is 7.19. The molecule has 1 saturated carbocycles. The fourth-order valence-electron chi connectivity index (χ4n) is 5.60. The molecule has 0 bridgehead atoms. The molecule has 2 aliphatic carbocycles. The predicted molar refractivity (Wildman–Crippen MR) is 125 cm³/mol. The van der Waals surface area contributed by atoms with Crippen LogP contribution >= 0.6 is 11.3 Å². The molecule has 3 heterocycles. The van der Waals surface area contributed by atoms with Crippen LogP contribution in [0.25, 0.3) is 10.2 Å². The summed E-state index contributed by atoms with van der Waals surface area (Å²) in [6.07, 6.45) is 7.13. The molecule has 0 spiro atoms. The fraction of sp³-hybridized carbons (Fsp3) is 0.708. The van der Waals surface area contributed by atoms with E-state index in [-0.39, 0.29) is 18.6 Å². The summed E-state index contributed by atoms with van der Waals surface area (Å²) < 4.78 is 17.0. The second kappa shape index (κ2) is 10.2. The second-order valence-electron chi connectivity index (χ2n) is 9.23. The summed E-state index contributed by atoms with van der Waals surface area (Å²) in [7, 11) is 0. The van der Waals surface area contributed by atoms with Gasteiger partial charge in [0.15, 0.2) is 6.10 Å². The molecule has 0 radical (unpaired) electrons. The molecule has 2 aromatic heterocycles. The first kappa shape index (κ1) is 23.0. The van der Waals surface area contributed by atoms with Crippen molar-refractivity contribution in [2.45, 2.75) is 76.0 Å². The molecule has 33 heavy (non-hydrogen) atoms. The normalized spacial score (nSPS) is 26.8. The van der Waals surface area contributed by atoms with Crippen molar-refractivity contribution in [3.63, 3.8) is 0 Å². The Morgan fingerprint density at radius 2 is 2.03 bits per heavy atom. The summed E-state index contributed by atoms with van der Waals surface area (Å²) in [6, 6.07) is 0.623. The Kier molecular flexibility index (Phi) is 7.10. The topological polar surface area (TPSA) is 94.0 Å². The van der Waals surface area contributed by atoms with E-state index in [1.54, 1.807) is 24.6 Å². The SMILES string of the molecule is CCOC(=O)C(O)C[C@H]1CCc2sc3ncnc(OC4CCC(N5CCOCC5)CC4)c3c21. The van der Waals surface area contributed by atoms with Crippen LogP contribution in [0.2, 0.25) is 0 Å². The van der Waals surface area contributed by atoms with Crippen molar-refractivity contribution in [1.29, 1.82) is 0 Å². The maximum absolute atomic E-state index is 12.0. The lowest BCUT2D eigenvalue weighted by Crippen LogP contribution is -2.46. The minimum Gasteiger partial charge on any atom is -0.474 e. The molecule has 1 unspecified atom stereocenters. The summed E-state index contributed by atoms with van der Waals surface area (Å²) in [5, 5.41) is 11.3. The zero-order chi connectivity index (χ0) is 22.8. The number of carbonyl (C=O) groups is 1. The molecule has 180 valence electrons. The fourth-order valence-corrected chi connectivity index (χ4v) is 6.83. The van der Waals surface area contributed by atoms with Crippen molar-refractivity contribution in [3.05, 3.63) is 16.8 Å². The number of carbonyl (C=O) groups excluding carboxylic acids is 1. The van der Waals surface area contributed by atoms with Crippen LogP contribution in [-0.4, -0.2) is 77.1 Å². The number of aliphatic hydroxyl groups is 1. The number of morpholine rings is 1. The molecule has 9 heteroatoms. The number of fused-ring (bicyclic) bond motifs is 3. The summed E-state index contributed by atoms with van der Waals surface area (Å²) in [5.41, 5.74) is 1.16. The van der Waals surface area contributed by atoms with E-state index < -0.39 is 12.1 Å². The zero-order valence-corrected chi connectivity index (χ0v) is 20.0. The molecule has 2 aromatic rings. The van der Waals surface area contributed by atoms with E-state index >= 15 is 0 Å². The van der Waals surface area contributed by atoms with Crippen LogP contribution in [0, 0.1) is 0 Å². The Labute approximate surface area is 198 Å². The van der Waals surface area contributed by atoms with Gasteiger partial charge >= 0.3 is 5.97 Å². The van der Waals surface area contributed by atoms with Crippen molar-refractivity contribution in [2.75, 3.05) is 32.9 Å². The minimum absolute atomic E-state index is 0.0820. The lowest BCUT2D eigenvalue weighted by atomic mass is 9.91. The van der Waals surface area contributed by atoms with E-state index in [2.05, 4.69) is 14.9 Å². The summed E-state index contributed by atoms with van der Waals surface area (Å²) >= 11 is 1.68. The van der Waals surface area contributed by atoms with Crippen molar-refractivity contribution in [3.8, 4) is 5.88 Å². The maximum atomic E-state index is 12.0. The number of nitrogens with zero attached hydrogens (tertiary/aromatic N) is 3. The third kappa shape index (κ3) is 4.87. The third-order valence-electron chi connectivity index (χ3n) is 7.25. The molecule has 8 nitrogen and oxygen atoms in total. The largest absolute Gasteiger partial charge is 0.474 e. The molecule has 1 aliphatic heterocycles. The van der Waals surface area contributed by atoms with Gasteiger partial charge in [-0.15, -0.1) is 11.3 Å². The van der Waals surface area contributed by atoms with E-state index in [0.29, 0.717) is 18.3 Å². The van der Waals surface area contributed by atoms with Crippen molar-refractivity contribution < 1.29 is 24.1 Å². The average Bonchev–Trinajstić information content (AvgIpc) is 3.40. The quantitative estimate of drug-likeness (QED) is 0.611. The Bertz CT molecular complexity index is 968. The molecule has 0 aromatic carbocycles. The van der Waals surface area contributed by atoms with E-state index in [1.807, 2.05) is 0 Å². The van der Waals surface area contributed by atoms with Gasteiger partial charge in [-0.05, 0) is 63.4 Å². The first-order valence-corrected chi connectivity index (χ1v) is 13.0. The average molecular weight is 476 g/mol. The predicted octanol–water partition coefficient (Wildman–Crippen LogP) is 3.06. The van der Waals surface area contributed by atoms with Crippen LogP contribution in [-0.2, 0) is 20.7 Å². The molecule has 0 amide bonds. The zero-order valence-electron chi connectivity index (χ0n) is 19.2. The van der Waals surface area contributed by atoms with Gasteiger partial charge in [-0.25, -0.2) is 14.8 Å². The van der Waals surface area contributed by atoms with Crippen LogP contribution < -0.4 is 4.74 Å². The van der Waals surface area contributed by atoms with Crippen LogP contribution in [0.5, 0.6) is 5.88 Å². The van der Waals surface area contributed by atoms with Crippen LogP contribution in [0.15, 0.2) is 6.33 Å². The number of thiophene rings is 1. The Morgan fingerprint density at radius 1 is 1.24 bits per heavy atom. The Balaban J connectivity index is 1.29. The number of ether oxygens (including phenoxy) is 3. The van der Waals surface area contributed by atoms with Gasteiger partial charge in [0.2, 0.25) is 5.88 Å². The second-order valence-corrected chi connectivity index (χ2v) is 10.3. The van der Waals surface area contributed by atoms with Crippen molar-refractivity contribution in [1.82, 2.24) is 14.9 Å². The summed E-state index contributed by atoms with van der Waals surface area (Å²) in [4.78, 5) is 25.8. The van der Waals surface area contributed by atoms with Crippen molar-refractivity contribution in [2.24, 2.45) is 0 Å². The van der Waals surface area contributed by atoms with Gasteiger partial charge in [-0.2, -0.15) is 0 Å². The smallest absolute Gasteiger partial charge is 0.334 e. The molecular formula is C24H33N3O5S. The Hall–Kier alpha value is -1.81. The maximum Gasteiger partial charge on any atom is 0.334 e. The molecular weight excluding hydrogens is 442 g/mol. The molecule has 1 N–H and O–H groups in total. The number of aryl methyl sites for hydroxylation is 1. The highest BCUT2D eigenvalue weighted by atomic mass is 32.1. The third-order valence-corrected chi connectivity index (χ3v) is 8.42. The highest BCUT2D eigenvalue weighted by Crippen LogP contribution is 2.47.